The number of rotatable bonds is 5. The Hall–Kier alpha value is -1.66. The Morgan fingerprint density at radius 2 is 1.90 bits per heavy atom. The van der Waals surface area contributed by atoms with Gasteiger partial charge in [0.15, 0.2) is 0 Å². The minimum atomic E-state index is -0.116. The van der Waals surface area contributed by atoms with E-state index in [9.17, 15) is 0 Å². The third-order valence-electron chi connectivity index (χ3n) is 3.21. The van der Waals surface area contributed by atoms with Gasteiger partial charge in [-0.1, -0.05) is 0 Å². The van der Waals surface area contributed by atoms with E-state index in [1.807, 2.05) is 26.1 Å². The van der Waals surface area contributed by atoms with Gasteiger partial charge in [-0.05, 0) is 42.0 Å². The van der Waals surface area contributed by atoms with Gasteiger partial charge in [0.05, 0.1) is 37.8 Å². The SMILES string of the molecule is CNC(c1cnc(C)cn1)c1ccc(OC)c(Br)c1OC. The quantitative estimate of drug-likeness (QED) is 0.897. The molecular formula is C15H18BrN3O2. The fourth-order valence-corrected chi connectivity index (χ4v) is 2.84. The zero-order valence-corrected chi connectivity index (χ0v) is 14.1. The van der Waals surface area contributed by atoms with Gasteiger partial charge in [0.25, 0.3) is 0 Å². The zero-order valence-electron chi connectivity index (χ0n) is 12.5. The van der Waals surface area contributed by atoms with Crippen molar-refractivity contribution in [2.24, 2.45) is 0 Å². The summed E-state index contributed by atoms with van der Waals surface area (Å²) in [4.78, 5) is 8.75. The third-order valence-corrected chi connectivity index (χ3v) is 3.96. The molecule has 0 aliphatic carbocycles. The molecule has 112 valence electrons. The van der Waals surface area contributed by atoms with Crippen LogP contribution in [0, 0.1) is 6.92 Å². The monoisotopic (exact) mass is 351 g/mol. The number of hydrogen-bond acceptors (Lipinski definition) is 5. The highest BCUT2D eigenvalue weighted by molar-refractivity contribution is 9.10. The summed E-state index contributed by atoms with van der Waals surface area (Å²) < 4.78 is 11.6. The number of nitrogens with zero attached hydrogens (tertiary/aromatic N) is 2. The predicted octanol–water partition coefficient (Wildman–Crippen LogP) is 2.87. The van der Waals surface area contributed by atoms with Crippen LogP contribution in [0.2, 0.25) is 0 Å². The number of hydrogen-bond donors (Lipinski definition) is 1. The number of nitrogens with one attached hydrogen (secondary N) is 1. The molecule has 1 N–H and O–H groups in total. The highest BCUT2D eigenvalue weighted by Gasteiger charge is 2.21. The van der Waals surface area contributed by atoms with Gasteiger partial charge in [-0.15, -0.1) is 0 Å². The first-order valence-electron chi connectivity index (χ1n) is 6.48. The molecule has 0 spiro atoms. The van der Waals surface area contributed by atoms with Gasteiger partial charge in [-0.25, -0.2) is 0 Å². The van der Waals surface area contributed by atoms with Crippen LogP contribution in [-0.4, -0.2) is 31.2 Å². The van der Waals surface area contributed by atoms with Crippen molar-refractivity contribution in [3.63, 3.8) is 0 Å². The lowest BCUT2D eigenvalue weighted by molar-refractivity contribution is 0.383. The molecule has 2 rings (SSSR count). The van der Waals surface area contributed by atoms with E-state index in [1.165, 1.54) is 0 Å². The summed E-state index contributed by atoms with van der Waals surface area (Å²) in [6, 6.07) is 3.74. The zero-order chi connectivity index (χ0) is 15.4. The van der Waals surface area contributed by atoms with Gasteiger partial charge in [0.1, 0.15) is 16.0 Å². The van der Waals surface area contributed by atoms with Crippen molar-refractivity contribution < 1.29 is 9.47 Å². The Morgan fingerprint density at radius 1 is 1.14 bits per heavy atom. The van der Waals surface area contributed by atoms with Crippen LogP contribution in [0.1, 0.15) is 23.0 Å². The third kappa shape index (κ3) is 3.16. The lowest BCUT2D eigenvalue weighted by Gasteiger charge is -2.20. The highest BCUT2D eigenvalue weighted by Crippen LogP contribution is 2.40. The van der Waals surface area contributed by atoms with E-state index in [0.29, 0.717) is 0 Å². The summed E-state index contributed by atoms with van der Waals surface area (Å²) in [5.74, 6) is 1.44. The first-order chi connectivity index (χ1) is 10.1. The first-order valence-corrected chi connectivity index (χ1v) is 7.27. The molecule has 0 bridgehead atoms. The van der Waals surface area contributed by atoms with Gasteiger partial charge in [0, 0.05) is 11.8 Å². The molecule has 6 heteroatoms. The predicted molar refractivity (Wildman–Crippen MR) is 84.9 cm³/mol. The van der Waals surface area contributed by atoms with E-state index in [0.717, 1.165) is 32.9 Å². The highest BCUT2D eigenvalue weighted by atomic mass is 79.9. The van der Waals surface area contributed by atoms with Crippen LogP contribution in [0.5, 0.6) is 11.5 Å². The van der Waals surface area contributed by atoms with Crippen molar-refractivity contribution >= 4 is 15.9 Å². The Bertz CT molecular complexity index is 617. The first kappa shape index (κ1) is 15.7. The van der Waals surface area contributed by atoms with E-state index in [2.05, 4.69) is 31.2 Å². The van der Waals surface area contributed by atoms with Gasteiger partial charge in [-0.2, -0.15) is 0 Å². The van der Waals surface area contributed by atoms with Crippen molar-refractivity contribution in [1.29, 1.82) is 0 Å². The van der Waals surface area contributed by atoms with E-state index >= 15 is 0 Å². The topological polar surface area (TPSA) is 56.3 Å². The lowest BCUT2D eigenvalue weighted by Crippen LogP contribution is -2.20. The van der Waals surface area contributed by atoms with E-state index in [4.69, 9.17) is 9.47 Å². The largest absolute Gasteiger partial charge is 0.495 e. The van der Waals surface area contributed by atoms with Crippen LogP contribution >= 0.6 is 15.9 Å². The molecule has 0 amide bonds. The summed E-state index contributed by atoms with van der Waals surface area (Å²) in [5, 5.41) is 3.25. The number of aryl methyl sites for hydroxylation is 1. The van der Waals surface area contributed by atoms with Crippen LogP contribution in [0.4, 0.5) is 0 Å². The minimum Gasteiger partial charge on any atom is -0.495 e. The van der Waals surface area contributed by atoms with Crippen LogP contribution in [0.3, 0.4) is 0 Å². The summed E-state index contributed by atoms with van der Waals surface area (Å²) in [6.45, 7) is 1.91. The molecule has 1 heterocycles. The summed E-state index contributed by atoms with van der Waals surface area (Å²) >= 11 is 3.52. The van der Waals surface area contributed by atoms with Crippen LogP contribution in [-0.2, 0) is 0 Å². The Morgan fingerprint density at radius 3 is 2.43 bits per heavy atom. The fourth-order valence-electron chi connectivity index (χ4n) is 2.16. The second-order valence-corrected chi connectivity index (χ2v) is 5.30. The minimum absolute atomic E-state index is 0.116. The second-order valence-electron chi connectivity index (χ2n) is 4.51. The Labute approximate surface area is 132 Å². The van der Waals surface area contributed by atoms with Crippen molar-refractivity contribution in [2.75, 3.05) is 21.3 Å². The average molecular weight is 352 g/mol. The number of halogens is 1. The second kappa shape index (κ2) is 6.87. The van der Waals surface area contributed by atoms with Gasteiger partial charge in [0.2, 0.25) is 0 Å². The van der Waals surface area contributed by atoms with E-state index in [-0.39, 0.29) is 6.04 Å². The van der Waals surface area contributed by atoms with Crippen molar-refractivity contribution in [2.45, 2.75) is 13.0 Å². The van der Waals surface area contributed by atoms with Gasteiger partial charge >= 0.3 is 0 Å². The number of benzene rings is 1. The van der Waals surface area contributed by atoms with Gasteiger partial charge in [-0.3, -0.25) is 9.97 Å². The molecule has 0 aliphatic rings. The van der Waals surface area contributed by atoms with Crippen molar-refractivity contribution in [3.05, 3.63) is 46.0 Å². The Kier molecular flexibility index (Phi) is 5.14. The molecular weight excluding hydrogens is 334 g/mol. The standard InChI is InChI=1S/C15H18BrN3O2/c1-9-7-19-11(8-18-9)14(17-2)10-5-6-12(20-3)13(16)15(10)21-4/h5-8,14,17H,1-4H3. The molecule has 1 unspecified atom stereocenters. The van der Waals surface area contributed by atoms with Crippen LogP contribution in [0.15, 0.2) is 29.0 Å². The van der Waals surface area contributed by atoms with E-state index < -0.39 is 0 Å². The molecule has 0 aliphatic heterocycles. The smallest absolute Gasteiger partial charge is 0.141 e. The maximum absolute atomic E-state index is 5.53. The molecule has 1 aromatic carbocycles. The fraction of sp³-hybridized carbons (Fsp3) is 0.333. The molecule has 0 saturated heterocycles. The molecule has 1 atom stereocenters. The molecule has 0 fully saturated rings. The maximum atomic E-state index is 5.53. The number of ether oxygens (including phenoxy) is 2. The molecule has 21 heavy (non-hydrogen) atoms. The van der Waals surface area contributed by atoms with Crippen LogP contribution in [0.25, 0.3) is 0 Å². The lowest BCUT2D eigenvalue weighted by atomic mass is 10.0. The normalized spacial score (nSPS) is 12.0. The Balaban J connectivity index is 2.52. The molecule has 1 aromatic heterocycles. The van der Waals surface area contributed by atoms with Crippen LogP contribution < -0.4 is 14.8 Å². The molecule has 5 nitrogen and oxygen atoms in total. The number of aromatic nitrogens is 2. The summed E-state index contributed by atoms with van der Waals surface area (Å²) in [6.07, 6.45) is 3.53. The van der Waals surface area contributed by atoms with Gasteiger partial charge < -0.3 is 14.8 Å². The molecule has 0 saturated carbocycles. The number of methoxy groups -OCH3 is 2. The summed E-state index contributed by atoms with van der Waals surface area (Å²) in [5.41, 5.74) is 2.68. The van der Waals surface area contributed by atoms with Crippen molar-refractivity contribution in [1.82, 2.24) is 15.3 Å². The summed E-state index contributed by atoms with van der Waals surface area (Å²) in [7, 11) is 5.14. The maximum Gasteiger partial charge on any atom is 0.141 e. The van der Waals surface area contributed by atoms with E-state index in [1.54, 1.807) is 26.6 Å². The molecule has 2 aromatic rings. The molecule has 0 radical (unpaired) electrons. The average Bonchev–Trinajstić information content (AvgIpc) is 2.50. The van der Waals surface area contributed by atoms with Crippen molar-refractivity contribution in [3.8, 4) is 11.5 Å².